The number of rotatable bonds is 13. The molecule has 1 N–H and O–H groups in total. The van der Waals surface area contributed by atoms with E-state index in [2.05, 4.69) is 29.1 Å². The first-order chi connectivity index (χ1) is 19.5. The third-order valence-corrected chi connectivity index (χ3v) is 12.1. The predicted molar refractivity (Wildman–Crippen MR) is 168 cm³/mol. The minimum atomic E-state index is -0.848. The lowest BCUT2D eigenvalue weighted by Gasteiger charge is -2.41. The lowest BCUT2D eigenvalue weighted by Crippen LogP contribution is -2.59. The molecule has 3 saturated heterocycles. The Bertz CT molecular complexity index is 1170. The summed E-state index contributed by atoms with van der Waals surface area (Å²) >= 11 is 5.40. The molecule has 7 nitrogen and oxygen atoms in total. The van der Waals surface area contributed by atoms with Gasteiger partial charge in [0.1, 0.15) is 6.04 Å². The molecule has 3 aliphatic heterocycles. The molecule has 0 aromatic heterocycles. The van der Waals surface area contributed by atoms with Crippen molar-refractivity contribution < 1.29 is 24.2 Å². The molecule has 0 radical (unpaired) electrons. The number of alkyl halides is 1. The molecule has 9 heteroatoms. The van der Waals surface area contributed by atoms with Crippen LogP contribution < -0.4 is 4.90 Å². The number of anilines is 1. The van der Waals surface area contributed by atoms with Crippen molar-refractivity contribution >= 4 is 51.2 Å². The summed E-state index contributed by atoms with van der Waals surface area (Å²) in [5.74, 6) is -2.27. The van der Waals surface area contributed by atoms with Gasteiger partial charge < -0.3 is 19.6 Å². The van der Waals surface area contributed by atoms with Crippen LogP contribution in [-0.4, -0.2) is 74.5 Å². The number of benzene rings is 1. The summed E-state index contributed by atoms with van der Waals surface area (Å²) in [4.78, 5) is 46.2. The van der Waals surface area contributed by atoms with Gasteiger partial charge in [-0.25, -0.2) is 0 Å². The third-order valence-electron chi connectivity index (χ3n) is 8.88. The number of aryl methyl sites for hydroxylation is 2. The molecule has 3 heterocycles. The van der Waals surface area contributed by atoms with Gasteiger partial charge in [0.15, 0.2) is 0 Å². The molecule has 1 aromatic rings. The van der Waals surface area contributed by atoms with Gasteiger partial charge in [0, 0.05) is 22.3 Å². The molecule has 224 valence electrons. The van der Waals surface area contributed by atoms with Gasteiger partial charge in [0.2, 0.25) is 5.91 Å². The van der Waals surface area contributed by atoms with Crippen molar-refractivity contribution in [2.24, 2.45) is 17.8 Å². The lowest BCUT2D eigenvalue weighted by atomic mass is 9.71. The fraction of sp³-hybridized carbons (Fsp3) is 0.594. The van der Waals surface area contributed by atoms with Crippen LogP contribution in [0.2, 0.25) is 0 Å². The molecule has 2 amide bonds. The number of ether oxygens (including phenoxy) is 1. The monoisotopic (exact) mass is 646 g/mol. The van der Waals surface area contributed by atoms with E-state index in [1.807, 2.05) is 52.0 Å². The number of allylic oxidation sites excluding steroid dienone is 1. The van der Waals surface area contributed by atoms with Crippen molar-refractivity contribution in [1.82, 2.24) is 4.90 Å². The SMILES string of the molecule is C=CCCCCOC(=O)[C@H]1[C@H]2C(=O)N([C@@H](CO)C(C)C)C(C(=O)N(CC=C)c3c(C)cccc3C)C23CC(Br)[C@@H]1S3. The normalized spacial score (nSPS) is 29.0. The van der Waals surface area contributed by atoms with Gasteiger partial charge in [0.05, 0.1) is 35.8 Å². The zero-order valence-electron chi connectivity index (χ0n) is 24.6. The molecule has 41 heavy (non-hydrogen) atoms. The molecular formula is C32H43BrN2O5S. The predicted octanol–water partition coefficient (Wildman–Crippen LogP) is 5.20. The number of aliphatic hydroxyl groups excluding tert-OH is 1. The fourth-order valence-corrected chi connectivity index (χ4v) is 10.6. The molecule has 0 aliphatic carbocycles. The number of amides is 2. The number of halogens is 1. The van der Waals surface area contributed by atoms with E-state index in [0.717, 1.165) is 36.1 Å². The quantitative estimate of drug-likeness (QED) is 0.137. The van der Waals surface area contributed by atoms with Crippen LogP contribution >= 0.6 is 27.7 Å². The van der Waals surface area contributed by atoms with Crippen molar-refractivity contribution in [3.05, 3.63) is 54.6 Å². The van der Waals surface area contributed by atoms with Crippen molar-refractivity contribution in [3.63, 3.8) is 0 Å². The maximum absolute atomic E-state index is 14.9. The highest BCUT2D eigenvalue weighted by Crippen LogP contribution is 2.68. The maximum Gasteiger partial charge on any atom is 0.310 e. The maximum atomic E-state index is 14.9. The van der Waals surface area contributed by atoms with E-state index >= 15 is 0 Å². The van der Waals surface area contributed by atoms with Gasteiger partial charge in [-0.2, -0.15) is 0 Å². The highest BCUT2D eigenvalue weighted by molar-refractivity contribution is 9.09. The smallest absolute Gasteiger partial charge is 0.310 e. The molecule has 3 fully saturated rings. The second kappa shape index (κ2) is 13.0. The number of esters is 1. The molecule has 7 atom stereocenters. The van der Waals surface area contributed by atoms with E-state index in [1.165, 1.54) is 0 Å². The van der Waals surface area contributed by atoms with E-state index in [-0.39, 0.29) is 46.9 Å². The first-order valence-electron chi connectivity index (χ1n) is 14.6. The molecule has 1 spiro atoms. The number of hydrogen-bond donors (Lipinski definition) is 1. The topological polar surface area (TPSA) is 87.1 Å². The van der Waals surface area contributed by atoms with E-state index < -0.39 is 28.7 Å². The summed E-state index contributed by atoms with van der Waals surface area (Å²) in [6.07, 6.45) is 6.57. The van der Waals surface area contributed by atoms with Crippen molar-refractivity contribution in [1.29, 1.82) is 0 Å². The summed E-state index contributed by atoms with van der Waals surface area (Å²) < 4.78 is 4.92. The van der Waals surface area contributed by atoms with E-state index in [1.54, 1.807) is 27.6 Å². The second-order valence-corrected chi connectivity index (χ2v) is 14.5. The Hall–Kier alpha value is -2.10. The summed E-state index contributed by atoms with van der Waals surface area (Å²) in [5.41, 5.74) is 2.71. The van der Waals surface area contributed by atoms with Crippen molar-refractivity contribution in [2.75, 3.05) is 24.7 Å². The highest BCUT2D eigenvalue weighted by atomic mass is 79.9. The molecule has 2 bridgehead atoms. The van der Waals surface area contributed by atoms with Crippen molar-refractivity contribution in [3.8, 4) is 0 Å². The van der Waals surface area contributed by atoms with Gasteiger partial charge in [-0.15, -0.1) is 24.9 Å². The number of carbonyl (C=O) groups is 3. The zero-order valence-corrected chi connectivity index (χ0v) is 27.0. The Morgan fingerprint density at radius 2 is 1.93 bits per heavy atom. The Kier molecular flexibility index (Phi) is 10.1. The summed E-state index contributed by atoms with van der Waals surface area (Å²) in [6.45, 7) is 15.8. The van der Waals surface area contributed by atoms with Crippen LogP contribution in [-0.2, 0) is 19.1 Å². The molecule has 0 saturated carbocycles. The highest BCUT2D eigenvalue weighted by Gasteiger charge is 2.76. The average Bonchev–Trinajstić information content (AvgIpc) is 3.51. The largest absolute Gasteiger partial charge is 0.465 e. The summed E-state index contributed by atoms with van der Waals surface area (Å²) in [6, 6.07) is 4.49. The van der Waals surface area contributed by atoms with Crippen LogP contribution in [0.1, 0.15) is 50.7 Å². The van der Waals surface area contributed by atoms with Gasteiger partial charge in [-0.3, -0.25) is 14.4 Å². The van der Waals surface area contributed by atoms with Gasteiger partial charge in [0.25, 0.3) is 5.91 Å². The Morgan fingerprint density at radius 3 is 2.51 bits per heavy atom. The first-order valence-corrected chi connectivity index (χ1v) is 16.4. The Labute approximate surface area is 256 Å². The second-order valence-electron chi connectivity index (χ2n) is 11.8. The minimum absolute atomic E-state index is 0.0511. The van der Waals surface area contributed by atoms with Crippen LogP contribution in [0.3, 0.4) is 0 Å². The van der Waals surface area contributed by atoms with Crippen LogP contribution in [0.4, 0.5) is 5.69 Å². The first kappa shape index (κ1) is 31.8. The third kappa shape index (κ3) is 5.54. The molecule has 3 unspecified atom stereocenters. The van der Waals surface area contributed by atoms with E-state index in [0.29, 0.717) is 13.0 Å². The van der Waals surface area contributed by atoms with Crippen LogP contribution in [0.25, 0.3) is 0 Å². The van der Waals surface area contributed by atoms with Crippen molar-refractivity contribution in [2.45, 2.75) is 80.3 Å². The number of thioether (sulfide) groups is 1. The number of nitrogens with zero attached hydrogens (tertiary/aromatic N) is 2. The number of hydrogen-bond acceptors (Lipinski definition) is 6. The zero-order chi connectivity index (χ0) is 30.1. The van der Waals surface area contributed by atoms with Gasteiger partial charge >= 0.3 is 5.97 Å². The Balaban J connectivity index is 1.78. The molecular weight excluding hydrogens is 604 g/mol. The van der Waals surface area contributed by atoms with E-state index in [4.69, 9.17) is 4.74 Å². The number of carbonyl (C=O) groups excluding carboxylic acids is 3. The Morgan fingerprint density at radius 1 is 1.24 bits per heavy atom. The number of unbranched alkanes of at least 4 members (excludes halogenated alkanes) is 2. The minimum Gasteiger partial charge on any atom is -0.465 e. The number of likely N-dealkylation sites (tertiary alicyclic amines) is 1. The number of fused-ring (bicyclic) bond motifs is 1. The van der Waals surface area contributed by atoms with Crippen LogP contribution in [0.5, 0.6) is 0 Å². The summed E-state index contributed by atoms with van der Waals surface area (Å²) in [7, 11) is 0. The standard InChI is InChI=1S/C32H43BrN2O5S/c1-7-9-10-11-16-40-31(39)24-25-29(37)35(23(18-36)19(3)4)28(32(25)17-22(33)27(24)41-32)30(38)34(15-8-2)26-20(5)13-12-14-21(26)6/h7-8,12-14,19,22-25,27-28,36H,1-2,9-11,15-18H2,3-6H3/t22?,23-,24-,25-,27-,28?,32?/m0/s1. The molecule has 3 aliphatic rings. The van der Waals surface area contributed by atoms with Crippen LogP contribution in [0, 0.1) is 31.6 Å². The van der Waals surface area contributed by atoms with Gasteiger partial charge in [-0.1, -0.05) is 60.1 Å². The molecule has 1 aromatic carbocycles. The number of aliphatic hydroxyl groups is 1. The lowest BCUT2D eigenvalue weighted by molar-refractivity contribution is -0.154. The van der Waals surface area contributed by atoms with Gasteiger partial charge in [-0.05, 0) is 56.6 Å². The molecule has 4 rings (SSSR count). The average molecular weight is 648 g/mol. The number of para-hydroxylation sites is 1. The van der Waals surface area contributed by atoms with Crippen LogP contribution in [0.15, 0.2) is 43.5 Å². The fourth-order valence-electron chi connectivity index (χ4n) is 7.05. The van der Waals surface area contributed by atoms with E-state index in [9.17, 15) is 19.5 Å². The summed E-state index contributed by atoms with van der Waals surface area (Å²) in [5, 5.41) is 10.3.